The van der Waals surface area contributed by atoms with E-state index in [2.05, 4.69) is 10.5 Å². The van der Waals surface area contributed by atoms with Crippen molar-refractivity contribution in [2.75, 3.05) is 6.61 Å². The number of amides is 1. The fourth-order valence-corrected chi connectivity index (χ4v) is 1.97. The van der Waals surface area contributed by atoms with Crippen LogP contribution in [0.5, 0.6) is 11.5 Å². The number of aromatic hydroxyl groups is 1. The summed E-state index contributed by atoms with van der Waals surface area (Å²) in [4.78, 5) is 23.3. The van der Waals surface area contributed by atoms with Gasteiger partial charge in [0.05, 0.1) is 12.3 Å². The Morgan fingerprint density at radius 3 is 2.58 bits per heavy atom. The van der Waals surface area contributed by atoms with Crippen molar-refractivity contribution in [1.29, 1.82) is 0 Å². The van der Waals surface area contributed by atoms with Gasteiger partial charge in [0.1, 0.15) is 11.5 Å². The Morgan fingerprint density at radius 1 is 1.19 bits per heavy atom. The maximum Gasteiger partial charge on any atom is 0.344 e. The first-order valence-electron chi connectivity index (χ1n) is 7.99. The Balaban J connectivity index is 1.83. The molecule has 0 spiro atoms. The Bertz CT molecular complexity index is 785. The molecule has 0 atom stereocenters. The van der Waals surface area contributed by atoms with E-state index in [1.54, 1.807) is 50.2 Å². The second-order valence-corrected chi connectivity index (χ2v) is 5.65. The summed E-state index contributed by atoms with van der Waals surface area (Å²) in [5.74, 6) is -0.331. The van der Waals surface area contributed by atoms with Crippen molar-refractivity contribution in [2.24, 2.45) is 5.10 Å². The topological polar surface area (TPSA) is 97.2 Å². The number of nitrogens with one attached hydrogen (secondary N) is 1. The molecule has 0 aliphatic heterocycles. The van der Waals surface area contributed by atoms with Crippen molar-refractivity contribution in [3.05, 3.63) is 59.7 Å². The minimum atomic E-state index is -0.430. The van der Waals surface area contributed by atoms with Gasteiger partial charge in [0.25, 0.3) is 5.91 Å². The first kappa shape index (κ1) is 19.0. The zero-order valence-electron chi connectivity index (χ0n) is 14.5. The lowest BCUT2D eigenvalue weighted by molar-refractivity contribution is -0.149. The number of benzene rings is 2. The molecular weight excluding hydrogens is 336 g/mol. The third-order valence-electron chi connectivity index (χ3n) is 3.09. The van der Waals surface area contributed by atoms with Gasteiger partial charge in [-0.3, -0.25) is 4.79 Å². The highest BCUT2D eigenvalue weighted by Gasteiger charge is 2.06. The van der Waals surface area contributed by atoms with E-state index in [0.29, 0.717) is 11.3 Å². The fourth-order valence-electron chi connectivity index (χ4n) is 1.97. The average Bonchev–Trinajstić information content (AvgIpc) is 2.60. The molecule has 0 heterocycles. The Labute approximate surface area is 151 Å². The molecule has 2 aromatic rings. The van der Waals surface area contributed by atoms with E-state index in [4.69, 9.17) is 9.47 Å². The van der Waals surface area contributed by atoms with Crippen LogP contribution in [-0.4, -0.2) is 35.9 Å². The lowest BCUT2D eigenvalue weighted by atomic mass is 10.2. The third kappa shape index (κ3) is 6.27. The van der Waals surface area contributed by atoms with Crippen LogP contribution < -0.4 is 10.2 Å². The van der Waals surface area contributed by atoms with Gasteiger partial charge in [-0.05, 0) is 61.9 Å². The number of hydrazone groups is 1. The monoisotopic (exact) mass is 356 g/mol. The van der Waals surface area contributed by atoms with Crippen LogP contribution in [0.15, 0.2) is 53.6 Å². The van der Waals surface area contributed by atoms with Gasteiger partial charge in [-0.15, -0.1) is 0 Å². The number of carbonyl (C=O) groups is 2. The second-order valence-electron chi connectivity index (χ2n) is 5.65. The number of ether oxygens (including phenoxy) is 2. The number of hydrogen-bond acceptors (Lipinski definition) is 6. The molecule has 0 saturated carbocycles. The van der Waals surface area contributed by atoms with Crippen LogP contribution >= 0.6 is 0 Å². The standard InChI is InChI=1S/C19H20N2O5/c1-13(2)26-18(23)12-25-17-8-6-14(7-9-17)11-20-21-19(24)15-4-3-5-16(22)10-15/h3-11,13,22H,12H2,1-2H3,(H,21,24)/b20-11+. The van der Waals surface area contributed by atoms with Gasteiger partial charge in [-0.2, -0.15) is 5.10 Å². The number of nitrogens with zero attached hydrogens (tertiary/aromatic N) is 1. The van der Waals surface area contributed by atoms with Crippen LogP contribution in [0.3, 0.4) is 0 Å². The van der Waals surface area contributed by atoms with Gasteiger partial charge in [0.2, 0.25) is 0 Å². The molecular formula is C19H20N2O5. The predicted octanol–water partition coefficient (Wildman–Crippen LogP) is 2.49. The first-order valence-corrected chi connectivity index (χ1v) is 7.99. The highest BCUT2D eigenvalue weighted by atomic mass is 16.6. The quantitative estimate of drug-likeness (QED) is 0.451. The number of phenols is 1. The van der Waals surface area contributed by atoms with Crippen molar-refractivity contribution < 1.29 is 24.2 Å². The van der Waals surface area contributed by atoms with Gasteiger partial charge in [-0.25, -0.2) is 10.2 Å². The van der Waals surface area contributed by atoms with Crippen LogP contribution in [0.2, 0.25) is 0 Å². The van der Waals surface area contributed by atoms with Crippen LogP contribution in [0.4, 0.5) is 0 Å². The molecule has 136 valence electrons. The molecule has 26 heavy (non-hydrogen) atoms. The largest absolute Gasteiger partial charge is 0.508 e. The van der Waals surface area contributed by atoms with E-state index < -0.39 is 11.9 Å². The molecule has 0 aromatic heterocycles. The SMILES string of the molecule is CC(C)OC(=O)COc1ccc(/C=N/NC(=O)c2cccc(O)c2)cc1. The minimum absolute atomic E-state index is 0.00879. The Hall–Kier alpha value is -3.35. The summed E-state index contributed by atoms with van der Waals surface area (Å²) in [5, 5.41) is 13.2. The molecule has 2 rings (SSSR count). The second kappa shape index (κ2) is 9.22. The number of hydrogen-bond donors (Lipinski definition) is 2. The Morgan fingerprint density at radius 2 is 1.92 bits per heavy atom. The molecule has 2 N–H and O–H groups in total. The summed E-state index contributed by atoms with van der Waals surface area (Å²) in [7, 11) is 0. The van der Waals surface area contributed by atoms with E-state index in [9.17, 15) is 14.7 Å². The van der Waals surface area contributed by atoms with Gasteiger partial charge in [0.15, 0.2) is 6.61 Å². The van der Waals surface area contributed by atoms with Crippen LogP contribution in [0, 0.1) is 0 Å². The van der Waals surface area contributed by atoms with Crippen molar-refractivity contribution in [2.45, 2.75) is 20.0 Å². The van der Waals surface area contributed by atoms with Crippen LogP contribution in [0.25, 0.3) is 0 Å². The molecule has 0 unspecified atom stereocenters. The van der Waals surface area contributed by atoms with Crippen molar-refractivity contribution in [3.63, 3.8) is 0 Å². The predicted molar refractivity (Wildman–Crippen MR) is 96.3 cm³/mol. The van der Waals surface area contributed by atoms with Gasteiger partial charge in [-0.1, -0.05) is 6.07 Å². The molecule has 2 aromatic carbocycles. The van der Waals surface area contributed by atoms with E-state index in [-0.39, 0.29) is 18.5 Å². The van der Waals surface area contributed by atoms with E-state index in [0.717, 1.165) is 5.56 Å². The average molecular weight is 356 g/mol. The summed E-state index contributed by atoms with van der Waals surface area (Å²) >= 11 is 0. The highest BCUT2D eigenvalue weighted by Crippen LogP contribution is 2.12. The van der Waals surface area contributed by atoms with Crippen molar-refractivity contribution >= 4 is 18.1 Å². The minimum Gasteiger partial charge on any atom is -0.508 e. The molecule has 7 heteroatoms. The number of esters is 1. The summed E-state index contributed by atoms with van der Waals surface area (Å²) < 4.78 is 10.3. The molecule has 0 aliphatic rings. The van der Waals surface area contributed by atoms with Gasteiger partial charge in [0, 0.05) is 5.56 Å². The molecule has 0 saturated heterocycles. The van der Waals surface area contributed by atoms with Crippen LogP contribution in [-0.2, 0) is 9.53 Å². The van der Waals surface area contributed by atoms with E-state index in [1.165, 1.54) is 18.3 Å². The molecule has 0 bridgehead atoms. The number of phenolic OH excluding ortho intramolecular Hbond substituents is 1. The van der Waals surface area contributed by atoms with E-state index >= 15 is 0 Å². The van der Waals surface area contributed by atoms with Crippen molar-refractivity contribution in [1.82, 2.24) is 5.43 Å². The molecule has 0 fully saturated rings. The van der Waals surface area contributed by atoms with Crippen molar-refractivity contribution in [3.8, 4) is 11.5 Å². The lowest BCUT2D eigenvalue weighted by Gasteiger charge is -2.09. The summed E-state index contributed by atoms with van der Waals surface area (Å²) in [6, 6.07) is 12.8. The zero-order valence-corrected chi connectivity index (χ0v) is 14.5. The summed E-state index contributed by atoms with van der Waals surface area (Å²) in [6.45, 7) is 3.38. The fraction of sp³-hybridized carbons (Fsp3) is 0.211. The maximum atomic E-state index is 11.9. The van der Waals surface area contributed by atoms with Gasteiger partial charge < -0.3 is 14.6 Å². The third-order valence-corrected chi connectivity index (χ3v) is 3.09. The highest BCUT2D eigenvalue weighted by molar-refractivity contribution is 5.95. The summed E-state index contributed by atoms with van der Waals surface area (Å²) in [5.41, 5.74) is 3.41. The number of carbonyl (C=O) groups excluding carboxylic acids is 2. The zero-order chi connectivity index (χ0) is 18.9. The normalized spacial score (nSPS) is 10.7. The lowest BCUT2D eigenvalue weighted by Crippen LogP contribution is -2.18. The first-order chi connectivity index (χ1) is 12.4. The van der Waals surface area contributed by atoms with Crippen LogP contribution in [0.1, 0.15) is 29.8 Å². The molecule has 1 amide bonds. The molecule has 0 aliphatic carbocycles. The van der Waals surface area contributed by atoms with E-state index in [1.807, 2.05) is 0 Å². The molecule has 0 radical (unpaired) electrons. The smallest absolute Gasteiger partial charge is 0.344 e. The van der Waals surface area contributed by atoms with Gasteiger partial charge >= 0.3 is 5.97 Å². The Kier molecular flexibility index (Phi) is 6.73. The number of rotatable bonds is 7. The molecule has 7 nitrogen and oxygen atoms in total. The summed E-state index contributed by atoms with van der Waals surface area (Å²) in [6.07, 6.45) is 1.29. The maximum absolute atomic E-state index is 11.9.